The maximum absolute atomic E-state index is 12.1. The Labute approximate surface area is 142 Å². The van der Waals surface area contributed by atoms with E-state index in [9.17, 15) is 13.2 Å². The van der Waals surface area contributed by atoms with Gasteiger partial charge in [-0.1, -0.05) is 31.4 Å². The second kappa shape index (κ2) is 8.13. The SMILES string of the molecule is C[C@@H]1CCCC[C@@H]1NC(=O)CCNS(=O)(=O)c1ccc(Cl)cc1. The van der Waals surface area contributed by atoms with Crippen LogP contribution in [0.3, 0.4) is 0 Å². The van der Waals surface area contributed by atoms with Gasteiger partial charge in [-0.3, -0.25) is 4.79 Å². The van der Waals surface area contributed by atoms with Crippen LogP contribution in [0, 0.1) is 5.92 Å². The van der Waals surface area contributed by atoms with Gasteiger partial charge in [-0.2, -0.15) is 0 Å². The van der Waals surface area contributed by atoms with E-state index in [0.29, 0.717) is 10.9 Å². The minimum Gasteiger partial charge on any atom is -0.353 e. The van der Waals surface area contributed by atoms with Gasteiger partial charge in [-0.15, -0.1) is 0 Å². The smallest absolute Gasteiger partial charge is 0.240 e. The van der Waals surface area contributed by atoms with Gasteiger partial charge in [0.2, 0.25) is 15.9 Å². The van der Waals surface area contributed by atoms with E-state index >= 15 is 0 Å². The molecular formula is C16H23ClN2O3S. The van der Waals surface area contributed by atoms with Gasteiger partial charge in [0.25, 0.3) is 0 Å². The third-order valence-corrected chi connectivity index (χ3v) is 5.95. The lowest BCUT2D eigenvalue weighted by Crippen LogP contribution is -2.42. The van der Waals surface area contributed by atoms with Crippen LogP contribution in [0.5, 0.6) is 0 Å². The molecule has 0 bridgehead atoms. The van der Waals surface area contributed by atoms with Gasteiger partial charge >= 0.3 is 0 Å². The van der Waals surface area contributed by atoms with Crippen LogP contribution in [0.2, 0.25) is 5.02 Å². The number of carbonyl (C=O) groups is 1. The Morgan fingerprint density at radius 1 is 1.22 bits per heavy atom. The first-order chi connectivity index (χ1) is 10.9. The highest BCUT2D eigenvalue weighted by Crippen LogP contribution is 2.23. The van der Waals surface area contributed by atoms with Crippen molar-refractivity contribution in [3.05, 3.63) is 29.3 Å². The number of carbonyl (C=O) groups excluding carboxylic acids is 1. The average Bonchev–Trinajstić information content (AvgIpc) is 2.50. The van der Waals surface area contributed by atoms with Crippen LogP contribution in [0.25, 0.3) is 0 Å². The van der Waals surface area contributed by atoms with E-state index in [-0.39, 0.29) is 29.8 Å². The van der Waals surface area contributed by atoms with E-state index in [1.165, 1.54) is 30.7 Å². The van der Waals surface area contributed by atoms with E-state index < -0.39 is 10.0 Å². The molecule has 5 nitrogen and oxygen atoms in total. The number of benzene rings is 1. The molecule has 1 aliphatic carbocycles. The van der Waals surface area contributed by atoms with Gasteiger partial charge in [-0.05, 0) is 43.0 Å². The van der Waals surface area contributed by atoms with Gasteiger partial charge in [0.1, 0.15) is 0 Å². The zero-order valence-corrected chi connectivity index (χ0v) is 14.8. The lowest BCUT2D eigenvalue weighted by Gasteiger charge is -2.29. The Hall–Kier alpha value is -1.11. The summed E-state index contributed by atoms with van der Waals surface area (Å²) in [6, 6.07) is 6.13. The fourth-order valence-corrected chi connectivity index (χ4v) is 3.96. The van der Waals surface area contributed by atoms with Crippen molar-refractivity contribution in [3.63, 3.8) is 0 Å². The van der Waals surface area contributed by atoms with E-state index in [2.05, 4.69) is 17.0 Å². The zero-order chi connectivity index (χ0) is 16.9. The molecule has 1 amide bonds. The fraction of sp³-hybridized carbons (Fsp3) is 0.562. The van der Waals surface area contributed by atoms with E-state index in [1.54, 1.807) is 0 Å². The van der Waals surface area contributed by atoms with E-state index in [1.807, 2.05) is 0 Å². The average molecular weight is 359 g/mol. The van der Waals surface area contributed by atoms with Crippen molar-refractivity contribution >= 4 is 27.5 Å². The van der Waals surface area contributed by atoms with Crippen LogP contribution < -0.4 is 10.0 Å². The summed E-state index contributed by atoms with van der Waals surface area (Å²) in [6.45, 7) is 2.23. The molecular weight excluding hydrogens is 336 g/mol. The van der Waals surface area contributed by atoms with Crippen LogP contribution in [0.1, 0.15) is 39.0 Å². The number of rotatable bonds is 6. The summed E-state index contributed by atoms with van der Waals surface area (Å²) in [5.74, 6) is 0.376. The molecule has 0 aliphatic heterocycles. The fourth-order valence-electron chi connectivity index (χ4n) is 2.81. The standard InChI is InChI=1S/C16H23ClN2O3S/c1-12-4-2-3-5-15(12)19-16(20)10-11-18-23(21,22)14-8-6-13(17)7-9-14/h6-9,12,15,18H,2-5,10-11H2,1H3,(H,19,20)/t12-,15+/m1/s1. The Kier molecular flexibility index (Phi) is 6.44. The molecule has 0 unspecified atom stereocenters. The number of amides is 1. The first-order valence-electron chi connectivity index (χ1n) is 7.93. The van der Waals surface area contributed by atoms with E-state index in [0.717, 1.165) is 19.3 Å². The molecule has 0 spiro atoms. The third kappa shape index (κ3) is 5.48. The summed E-state index contributed by atoms with van der Waals surface area (Å²) < 4.78 is 26.6. The quantitative estimate of drug-likeness (QED) is 0.821. The topological polar surface area (TPSA) is 75.3 Å². The Balaban J connectivity index is 1.79. The van der Waals surface area contributed by atoms with Crippen molar-refractivity contribution in [1.29, 1.82) is 0 Å². The normalized spacial score (nSPS) is 21.8. The molecule has 1 aromatic rings. The predicted octanol–water partition coefficient (Wildman–Crippen LogP) is 2.70. The lowest BCUT2D eigenvalue weighted by atomic mass is 9.86. The van der Waals surface area contributed by atoms with Gasteiger partial charge in [0.05, 0.1) is 4.90 Å². The number of sulfonamides is 1. The highest BCUT2D eigenvalue weighted by atomic mass is 35.5. The Morgan fingerprint density at radius 2 is 1.87 bits per heavy atom. The third-order valence-electron chi connectivity index (χ3n) is 4.23. The van der Waals surface area contributed by atoms with E-state index in [4.69, 9.17) is 11.6 Å². The molecule has 1 fully saturated rings. The summed E-state index contributed by atoms with van der Waals surface area (Å²) in [4.78, 5) is 12.1. The van der Waals surface area contributed by atoms with Crippen molar-refractivity contribution in [2.24, 2.45) is 5.92 Å². The molecule has 23 heavy (non-hydrogen) atoms. The van der Waals surface area contributed by atoms with Gasteiger partial charge in [0, 0.05) is 24.0 Å². The van der Waals surface area contributed by atoms with Gasteiger partial charge in [-0.25, -0.2) is 13.1 Å². The van der Waals surface area contributed by atoms with Crippen LogP contribution in [0.15, 0.2) is 29.2 Å². The molecule has 0 radical (unpaired) electrons. The molecule has 1 aromatic carbocycles. The molecule has 7 heteroatoms. The zero-order valence-electron chi connectivity index (χ0n) is 13.2. The Bertz CT molecular complexity index is 631. The second-order valence-corrected chi connectivity index (χ2v) is 8.24. The van der Waals surface area contributed by atoms with Crippen LogP contribution >= 0.6 is 11.6 Å². The summed E-state index contributed by atoms with van der Waals surface area (Å²) >= 11 is 5.74. The minimum absolute atomic E-state index is 0.0812. The first-order valence-corrected chi connectivity index (χ1v) is 9.79. The largest absolute Gasteiger partial charge is 0.353 e. The molecule has 0 heterocycles. The number of nitrogens with one attached hydrogen (secondary N) is 2. The van der Waals surface area contributed by atoms with Crippen molar-refractivity contribution in [2.75, 3.05) is 6.54 Å². The van der Waals surface area contributed by atoms with Gasteiger partial charge in [0.15, 0.2) is 0 Å². The van der Waals surface area contributed by atoms with Crippen molar-refractivity contribution in [3.8, 4) is 0 Å². The van der Waals surface area contributed by atoms with Gasteiger partial charge < -0.3 is 5.32 Å². The summed E-state index contributed by atoms with van der Waals surface area (Å²) in [7, 11) is -3.61. The molecule has 2 rings (SSSR count). The number of hydrogen-bond donors (Lipinski definition) is 2. The summed E-state index contributed by atoms with van der Waals surface area (Å²) in [5.41, 5.74) is 0. The minimum atomic E-state index is -3.61. The molecule has 0 saturated heterocycles. The van der Waals surface area contributed by atoms with Crippen molar-refractivity contribution < 1.29 is 13.2 Å². The molecule has 1 saturated carbocycles. The van der Waals surface area contributed by atoms with Crippen LogP contribution in [-0.4, -0.2) is 26.9 Å². The maximum Gasteiger partial charge on any atom is 0.240 e. The summed E-state index contributed by atoms with van der Waals surface area (Å²) in [6.07, 6.45) is 4.63. The highest BCUT2D eigenvalue weighted by molar-refractivity contribution is 7.89. The number of hydrogen-bond acceptors (Lipinski definition) is 3. The highest BCUT2D eigenvalue weighted by Gasteiger charge is 2.22. The Morgan fingerprint density at radius 3 is 2.52 bits per heavy atom. The second-order valence-electron chi connectivity index (χ2n) is 6.04. The molecule has 2 atom stereocenters. The lowest BCUT2D eigenvalue weighted by molar-refractivity contribution is -0.122. The van der Waals surface area contributed by atoms with Crippen molar-refractivity contribution in [2.45, 2.75) is 50.0 Å². The molecule has 2 N–H and O–H groups in total. The van der Waals surface area contributed by atoms with Crippen molar-refractivity contribution in [1.82, 2.24) is 10.0 Å². The predicted molar refractivity (Wildman–Crippen MR) is 90.8 cm³/mol. The van der Waals surface area contributed by atoms with Crippen LogP contribution in [0.4, 0.5) is 0 Å². The molecule has 0 aromatic heterocycles. The first kappa shape index (κ1) is 18.2. The summed E-state index contributed by atoms with van der Waals surface area (Å²) in [5, 5.41) is 3.49. The monoisotopic (exact) mass is 358 g/mol. The number of halogens is 1. The maximum atomic E-state index is 12.1. The molecule has 128 valence electrons. The van der Waals surface area contributed by atoms with Crippen LogP contribution in [-0.2, 0) is 14.8 Å². The molecule has 1 aliphatic rings.